The van der Waals surface area contributed by atoms with Gasteiger partial charge >= 0.3 is 0 Å². The van der Waals surface area contributed by atoms with E-state index in [1.807, 2.05) is 0 Å². The Labute approximate surface area is 95.2 Å². The monoisotopic (exact) mass is 212 g/mol. The van der Waals surface area contributed by atoms with Crippen LogP contribution in [-0.4, -0.2) is 29.6 Å². The molecule has 1 aliphatic rings. The van der Waals surface area contributed by atoms with Crippen LogP contribution in [0.4, 0.5) is 0 Å². The van der Waals surface area contributed by atoms with Crippen molar-refractivity contribution in [2.45, 2.75) is 70.9 Å². The van der Waals surface area contributed by atoms with Gasteiger partial charge in [0.05, 0.1) is 0 Å². The van der Waals surface area contributed by atoms with Crippen molar-refractivity contribution in [3.63, 3.8) is 0 Å². The number of hydrogen-bond acceptors (Lipinski definition) is 2. The summed E-state index contributed by atoms with van der Waals surface area (Å²) in [5, 5.41) is 0. The van der Waals surface area contributed by atoms with E-state index in [-0.39, 0.29) is 0 Å². The average Bonchev–Trinajstić information content (AvgIpc) is 2.18. The number of likely N-dealkylation sites (tertiary alicyclic amines) is 1. The van der Waals surface area contributed by atoms with Crippen molar-refractivity contribution in [1.29, 1.82) is 0 Å². The van der Waals surface area contributed by atoms with Gasteiger partial charge in [0.1, 0.15) is 0 Å². The molecule has 1 rings (SSSR count). The van der Waals surface area contributed by atoms with Crippen molar-refractivity contribution in [3.8, 4) is 0 Å². The SMILES string of the molecule is CC(C)N1CCCCC1(C)CCCCN. The molecule has 1 fully saturated rings. The summed E-state index contributed by atoms with van der Waals surface area (Å²) in [6.07, 6.45) is 7.95. The second-order valence-electron chi connectivity index (χ2n) is 5.49. The minimum absolute atomic E-state index is 0.446. The number of nitrogens with zero attached hydrogens (tertiary/aromatic N) is 1. The molecule has 1 aliphatic heterocycles. The number of piperidine rings is 1. The Balaban J connectivity index is 2.51. The molecule has 2 nitrogen and oxygen atoms in total. The van der Waals surface area contributed by atoms with Crippen LogP contribution in [-0.2, 0) is 0 Å². The van der Waals surface area contributed by atoms with Crippen LogP contribution in [0.3, 0.4) is 0 Å². The lowest BCUT2D eigenvalue weighted by Crippen LogP contribution is -2.52. The standard InChI is InChI=1S/C13H28N2/c1-12(2)15-11-7-5-9-13(15,3)8-4-6-10-14/h12H,4-11,14H2,1-3H3. The third kappa shape index (κ3) is 3.46. The van der Waals surface area contributed by atoms with Gasteiger partial charge in [-0.1, -0.05) is 12.8 Å². The fourth-order valence-corrected chi connectivity index (χ4v) is 3.00. The summed E-state index contributed by atoms with van der Waals surface area (Å²) in [5.74, 6) is 0. The molecule has 0 saturated carbocycles. The summed E-state index contributed by atoms with van der Waals surface area (Å²) in [5.41, 5.74) is 6.01. The smallest absolute Gasteiger partial charge is 0.0184 e. The van der Waals surface area contributed by atoms with Crippen LogP contribution in [0.2, 0.25) is 0 Å². The normalized spacial score (nSPS) is 28.6. The van der Waals surface area contributed by atoms with E-state index in [0.717, 1.165) is 6.54 Å². The molecule has 0 spiro atoms. The second-order valence-corrected chi connectivity index (χ2v) is 5.49. The van der Waals surface area contributed by atoms with Crippen LogP contribution in [0.5, 0.6) is 0 Å². The maximum atomic E-state index is 5.57. The number of rotatable bonds is 5. The molecule has 0 aromatic heterocycles. The molecule has 0 bridgehead atoms. The predicted octanol–water partition coefficient (Wildman–Crippen LogP) is 2.77. The second kappa shape index (κ2) is 5.86. The van der Waals surface area contributed by atoms with E-state index in [0.29, 0.717) is 11.6 Å². The van der Waals surface area contributed by atoms with E-state index < -0.39 is 0 Å². The van der Waals surface area contributed by atoms with Gasteiger partial charge in [-0.2, -0.15) is 0 Å². The minimum Gasteiger partial charge on any atom is -0.330 e. The fraction of sp³-hybridized carbons (Fsp3) is 1.00. The lowest BCUT2D eigenvalue weighted by Gasteiger charge is -2.47. The van der Waals surface area contributed by atoms with Gasteiger partial charge < -0.3 is 5.73 Å². The van der Waals surface area contributed by atoms with Gasteiger partial charge in [-0.15, -0.1) is 0 Å². The van der Waals surface area contributed by atoms with Gasteiger partial charge in [0.2, 0.25) is 0 Å². The molecule has 90 valence electrons. The lowest BCUT2D eigenvalue weighted by atomic mass is 9.83. The molecule has 1 unspecified atom stereocenters. The molecule has 0 amide bonds. The molecule has 1 atom stereocenters. The highest BCUT2D eigenvalue weighted by molar-refractivity contribution is 4.91. The zero-order valence-corrected chi connectivity index (χ0v) is 10.8. The quantitative estimate of drug-likeness (QED) is 0.710. The van der Waals surface area contributed by atoms with Gasteiger partial charge in [0.15, 0.2) is 0 Å². The van der Waals surface area contributed by atoms with Crippen LogP contribution in [0.15, 0.2) is 0 Å². The Morgan fingerprint density at radius 3 is 2.60 bits per heavy atom. The topological polar surface area (TPSA) is 29.3 Å². The highest BCUT2D eigenvalue weighted by Crippen LogP contribution is 2.33. The van der Waals surface area contributed by atoms with Crippen LogP contribution in [0.25, 0.3) is 0 Å². The summed E-state index contributed by atoms with van der Waals surface area (Å²) in [6, 6.07) is 0.688. The van der Waals surface area contributed by atoms with Gasteiger partial charge in [0, 0.05) is 11.6 Å². The summed E-state index contributed by atoms with van der Waals surface area (Å²) in [6.45, 7) is 9.23. The van der Waals surface area contributed by atoms with Gasteiger partial charge in [-0.3, -0.25) is 4.90 Å². The van der Waals surface area contributed by atoms with Crippen molar-refractivity contribution >= 4 is 0 Å². The van der Waals surface area contributed by atoms with Gasteiger partial charge in [-0.05, 0) is 59.5 Å². The fourth-order valence-electron chi connectivity index (χ4n) is 3.00. The predicted molar refractivity (Wildman–Crippen MR) is 67.0 cm³/mol. The van der Waals surface area contributed by atoms with E-state index in [1.165, 1.54) is 45.1 Å². The van der Waals surface area contributed by atoms with Crippen molar-refractivity contribution < 1.29 is 0 Å². The van der Waals surface area contributed by atoms with E-state index in [9.17, 15) is 0 Å². The molecule has 0 radical (unpaired) electrons. The minimum atomic E-state index is 0.446. The lowest BCUT2D eigenvalue weighted by molar-refractivity contribution is 0.0246. The maximum Gasteiger partial charge on any atom is 0.0184 e. The van der Waals surface area contributed by atoms with Crippen molar-refractivity contribution in [3.05, 3.63) is 0 Å². The third-order valence-corrected chi connectivity index (χ3v) is 3.85. The maximum absolute atomic E-state index is 5.57. The first-order valence-corrected chi connectivity index (χ1v) is 6.57. The Bertz CT molecular complexity index is 179. The molecule has 2 heteroatoms. The average molecular weight is 212 g/mol. The first-order valence-electron chi connectivity index (χ1n) is 6.57. The third-order valence-electron chi connectivity index (χ3n) is 3.85. The molecular weight excluding hydrogens is 184 g/mol. The number of nitrogens with two attached hydrogens (primary N) is 1. The molecule has 15 heavy (non-hydrogen) atoms. The summed E-state index contributed by atoms with van der Waals surface area (Å²) < 4.78 is 0. The zero-order chi connectivity index (χ0) is 11.3. The zero-order valence-electron chi connectivity index (χ0n) is 10.8. The first kappa shape index (κ1) is 13.0. The molecule has 0 aliphatic carbocycles. The molecule has 0 aromatic rings. The van der Waals surface area contributed by atoms with Crippen LogP contribution < -0.4 is 5.73 Å². The van der Waals surface area contributed by atoms with Crippen molar-refractivity contribution in [2.75, 3.05) is 13.1 Å². The highest BCUT2D eigenvalue weighted by atomic mass is 15.2. The number of hydrogen-bond donors (Lipinski definition) is 1. The molecule has 0 aromatic carbocycles. The molecular formula is C13H28N2. The first-order chi connectivity index (χ1) is 7.10. The van der Waals surface area contributed by atoms with Gasteiger partial charge in [-0.25, -0.2) is 0 Å². The Morgan fingerprint density at radius 1 is 1.27 bits per heavy atom. The van der Waals surface area contributed by atoms with E-state index in [2.05, 4.69) is 25.7 Å². The molecule has 1 heterocycles. The Hall–Kier alpha value is -0.0800. The van der Waals surface area contributed by atoms with E-state index in [4.69, 9.17) is 5.73 Å². The largest absolute Gasteiger partial charge is 0.330 e. The number of unbranched alkanes of at least 4 members (excludes halogenated alkanes) is 1. The van der Waals surface area contributed by atoms with Crippen molar-refractivity contribution in [1.82, 2.24) is 4.90 Å². The molecule has 1 saturated heterocycles. The van der Waals surface area contributed by atoms with Crippen LogP contribution in [0.1, 0.15) is 59.3 Å². The summed E-state index contributed by atoms with van der Waals surface area (Å²) in [4.78, 5) is 2.70. The summed E-state index contributed by atoms with van der Waals surface area (Å²) in [7, 11) is 0. The molecule has 2 N–H and O–H groups in total. The Morgan fingerprint density at radius 2 is 2.00 bits per heavy atom. The van der Waals surface area contributed by atoms with Crippen molar-refractivity contribution in [2.24, 2.45) is 5.73 Å². The highest BCUT2D eigenvalue weighted by Gasteiger charge is 2.34. The van der Waals surface area contributed by atoms with Gasteiger partial charge in [0.25, 0.3) is 0 Å². The van der Waals surface area contributed by atoms with E-state index in [1.54, 1.807) is 0 Å². The van der Waals surface area contributed by atoms with E-state index >= 15 is 0 Å². The van der Waals surface area contributed by atoms with Crippen LogP contribution in [0, 0.1) is 0 Å². The summed E-state index contributed by atoms with van der Waals surface area (Å²) >= 11 is 0. The van der Waals surface area contributed by atoms with Crippen LogP contribution >= 0.6 is 0 Å². The Kier molecular flexibility index (Phi) is 5.07.